The van der Waals surface area contributed by atoms with Gasteiger partial charge in [0.2, 0.25) is 0 Å². The zero-order valence-corrected chi connectivity index (χ0v) is 38.5. The first-order valence-corrected chi connectivity index (χ1v) is 24.5. The van der Waals surface area contributed by atoms with Gasteiger partial charge < -0.3 is 19.7 Å². The predicted molar refractivity (Wildman–Crippen MR) is 254 cm³/mol. The average molecular weight is 846 g/mol. The number of Topliss-reactive ketones (excluding diaryl/α,β-unsaturated/α-hetero) is 1. The van der Waals surface area contributed by atoms with E-state index in [4.69, 9.17) is 9.47 Å². The van der Waals surface area contributed by atoms with E-state index in [1.165, 1.54) is 81.9 Å². The molecule has 0 bridgehead atoms. The molecule has 2 heterocycles. The highest BCUT2D eigenvalue weighted by atomic mass is 32.1. The van der Waals surface area contributed by atoms with Gasteiger partial charge in [0.05, 0.1) is 18.9 Å². The largest absolute Gasteiger partial charge is 0.466 e. The van der Waals surface area contributed by atoms with E-state index >= 15 is 0 Å². The molecule has 0 saturated heterocycles. The number of likely N-dealkylation sites (N-methyl/N-ethyl adjacent to an activating group) is 1. The van der Waals surface area contributed by atoms with Gasteiger partial charge in [-0.1, -0.05) is 135 Å². The van der Waals surface area contributed by atoms with Gasteiger partial charge in [0, 0.05) is 63.2 Å². The van der Waals surface area contributed by atoms with E-state index in [1.807, 2.05) is 14.1 Å². The molecule has 1 N–H and O–H groups in total. The number of amides is 1. The summed E-state index contributed by atoms with van der Waals surface area (Å²) < 4.78 is 11.5. The summed E-state index contributed by atoms with van der Waals surface area (Å²) >= 11 is 1.66. The number of unbranched alkanes of at least 4 members (excludes halogenated alkanes) is 18. The standard InChI is InChI=1S/C49H85N3O5S.CH4.H2/c1-5-7-9-11-13-14-15-16-17-18-19-20-21-24-28-32-43(53)40-45-48(49(55)50-35-37-51(3)4)44-34-36-52(41-46(44)58-45)42-56-38-30-26-23-25-29-33-47(54)57-39-31-27-22-12-10-8-6-2;;/h13-14,16-17H,5-12,15,18-42H2,1-4H3,(H,50,55);1H4;1H/b14-13-,17-16-;;. The fraction of sp³-hybridized carbons (Fsp3) is 0.780. The normalized spacial score (nSPS) is 13.0. The third kappa shape index (κ3) is 28.0. The lowest BCUT2D eigenvalue weighted by Gasteiger charge is -2.27. The van der Waals surface area contributed by atoms with E-state index in [0.717, 1.165) is 119 Å². The second kappa shape index (κ2) is 37.4. The zero-order valence-electron chi connectivity index (χ0n) is 37.7. The Kier molecular flexibility index (Phi) is 34.7. The number of rotatable bonds is 38. The Morgan fingerprint density at radius 1 is 0.746 bits per heavy atom. The van der Waals surface area contributed by atoms with Gasteiger partial charge in [0.1, 0.15) is 5.78 Å². The number of thiophene rings is 1. The van der Waals surface area contributed by atoms with Gasteiger partial charge in [-0.3, -0.25) is 19.3 Å². The molecule has 0 unspecified atom stereocenters. The predicted octanol–water partition coefficient (Wildman–Crippen LogP) is 12.8. The molecule has 8 nitrogen and oxygen atoms in total. The minimum Gasteiger partial charge on any atom is -0.466 e. The summed E-state index contributed by atoms with van der Waals surface area (Å²) in [6.45, 7) is 9.31. The Morgan fingerprint density at radius 3 is 2.00 bits per heavy atom. The molecule has 0 saturated carbocycles. The molecule has 1 amide bonds. The molecule has 0 atom stereocenters. The first kappa shape index (κ1) is 54.7. The molecule has 0 radical (unpaired) electrons. The second-order valence-corrected chi connectivity index (χ2v) is 17.9. The maximum atomic E-state index is 13.5. The van der Waals surface area contributed by atoms with Crippen LogP contribution in [0.5, 0.6) is 0 Å². The van der Waals surface area contributed by atoms with Crippen LogP contribution in [0.25, 0.3) is 0 Å². The van der Waals surface area contributed by atoms with E-state index in [1.54, 1.807) is 11.3 Å². The average Bonchev–Trinajstić information content (AvgIpc) is 3.56. The molecule has 0 aliphatic carbocycles. The van der Waals surface area contributed by atoms with E-state index < -0.39 is 0 Å². The van der Waals surface area contributed by atoms with Crippen LogP contribution in [0.3, 0.4) is 0 Å². The number of nitrogens with one attached hydrogen (secondary N) is 1. The Hall–Kier alpha value is -2.33. The van der Waals surface area contributed by atoms with Crippen LogP contribution in [0.15, 0.2) is 24.3 Å². The monoisotopic (exact) mass is 846 g/mol. The Balaban J connectivity index is 0.0000174. The highest BCUT2D eigenvalue weighted by Gasteiger charge is 2.28. The third-order valence-electron chi connectivity index (χ3n) is 11.0. The van der Waals surface area contributed by atoms with Crippen molar-refractivity contribution in [2.24, 2.45) is 0 Å². The van der Waals surface area contributed by atoms with Crippen molar-refractivity contribution in [3.8, 4) is 0 Å². The van der Waals surface area contributed by atoms with Crippen LogP contribution in [0.1, 0.15) is 209 Å². The lowest BCUT2D eigenvalue weighted by atomic mass is 9.98. The van der Waals surface area contributed by atoms with Crippen molar-refractivity contribution in [2.75, 3.05) is 53.7 Å². The number of ether oxygens (including phenoxy) is 2. The molecule has 1 aliphatic rings. The molecule has 1 aromatic rings. The molecule has 1 aliphatic heterocycles. The van der Waals surface area contributed by atoms with Gasteiger partial charge >= 0.3 is 5.97 Å². The van der Waals surface area contributed by atoms with Gasteiger partial charge in [-0.25, -0.2) is 0 Å². The van der Waals surface area contributed by atoms with Crippen LogP contribution in [0, 0.1) is 0 Å². The van der Waals surface area contributed by atoms with Gasteiger partial charge in [-0.2, -0.15) is 0 Å². The van der Waals surface area contributed by atoms with Crippen molar-refractivity contribution in [2.45, 2.75) is 201 Å². The van der Waals surface area contributed by atoms with Gasteiger partial charge in [0.15, 0.2) is 0 Å². The summed E-state index contributed by atoms with van der Waals surface area (Å²) in [6.07, 6.45) is 38.1. The highest BCUT2D eigenvalue weighted by molar-refractivity contribution is 7.12. The number of hydrogen-bond donors (Lipinski definition) is 1. The number of esters is 1. The number of carbonyl (C=O) groups is 3. The van der Waals surface area contributed by atoms with Crippen LogP contribution < -0.4 is 5.32 Å². The third-order valence-corrected chi connectivity index (χ3v) is 12.2. The van der Waals surface area contributed by atoms with Crippen LogP contribution in [0.4, 0.5) is 0 Å². The van der Waals surface area contributed by atoms with E-state index in [-0.39, 0.29) is 26.5 Å². The molecule has 0 fully saturated rings. The molecule has 59 heavy (non-hydrogen) atoms. The SMILES string of the molecule is C.CCCCC/C=C\C/C=C\CCCCCCCC(=O)Cc1sc2c(c1C(=O)NCCN(C)C)CCN(COCCCCCCCC(=O)OCCCCCCCCC)C2.[HH]. The molecule has 0 spiro atoms. The highest BCUT2D eigenvalue weighted by Crippen LogP contribution is 2.34. The summed E-state index contributed by atoms with van der Waals surface area (Å²) in [5, 5.41) is 3.13. The van der Waals surface area contributed by atoms with Crippen molar-refractivity contribution in [1.29, 1.82) is 0 Å². The molecule has 1 aromatic heterocycles. The second-order valence-electron chi connectivity index (χ2n) is 16.8. The number of nitrogens with zero attached hydrogens (tertiary/aromatic N) is 2. The number of hydrogen-bond acceptors (Lipinski definition) is 8. The molecular formula is C50H91N3O5S. The van der Waals surface area contributed by atoms with Gasteiger partial charge in [-0.05, 0) is 83.9 Å². The van der Waals surface area contributed by atoms with Crippen molar-refractivity contribution >= 4 is 29.0 Å². The minimum absolute atomic E-state index is 0. The van der Waals surface area contributed by atoms with Crippen LogP contribution >= 0.6 is 11.3 Å². The lowest BCUT2D eigenvalue weighted by molar-refractivity contribution is -0.143. The first-order chi connectivity index (χ1) is 28.3. The van der Waals surface area contributed by atoms with E-state index in [9.17, 15) is 14.4 Å². The Bertz CT molecular complexity index is 1280. The van der Waals surface area contributed by atoms with Crippen LogP contribution in [-0.4, -0.2) is 81.1 Å². The quantitative estimate of drug-likeness (QED) is 0.0403. The molecule has 2 rings (SSSR count). The topological polar surface area (TPSA) is 88.2 Å². The molecule has 0 aromatic carbocycles. The molecule has 9 heteroatoms. The van der Waals surface area contributed by atoms with Gasteiger partial charge in [0.25, 0.3) is 5.91 Å². The Labute approximate surface area is 368 Å². The summed E-state index contributed by atoms with van der Waals surface area (Å²) in [5.41, 5.74) is 1.89. The maximum Gasteiger partial charge on any atom is 0.305 e. The summed E-state index contributed by atoms with van der Waals surface area (Å²) in [4.78, 5) is 45.3. The van der Waals surface area contributed by atoms with Crippen LogP contribution in [-0.2, 0) is 38.4 Å². The Morgan fingerprint density at radius 2 is 1.32 bits per heavy atom. The van der Waals surface area contributed by atoms with E-state index in [0.29, 0.717) is 39.1 Å². The first-order valence-electron chi connectivity index (χ1n) is 23.7. The van der Waals surface area contributed by atoms with Crippen molar-refractivity contribution in [3.05, 3.63) is 45.2 Å². The molecular weight excluding hydrogens is 755 g/mol. The van der Waals surface area contributed by atoms with Gasteiger partial charge in [-0.15, -0.1) is 11.3 Å². The summed E-state index contributed by atoms with van der Waals surface area (Å²) in [7, 11) is 4.01. The summed E-state index contributed by atoms with van der Waals surface area (Å²) in [6, 6.07) is 0. The lowest BCUT2D eigenvalue weighted by Crippen LogP contribution is -2.34. The van der Waals surface area contributed by atoms with Crippen molar-refractivity contribution in [1.82, 2.24) is 15.1 Å². The minimum atomic E-state index is -0.0482. The number of ketones is 1. The molecule has 342 valence electrons. The number of carbonyl (C=O) groups excluding carboxylic acids is 3. The van der Waals surface area contributed by atoms with E-state index in [2.05, 4.69) is 53.3 Å². The number of fused-ring (bicyclic) bond motifs is 1. The van der Waals surface area contributed by atoms with Crippen LogP contribution in [0.2, 0.25) is 0 Å². The fourth-order valence-corrected chi connectivity index (χ4v) is 8.83. The van der Waals surface area contributed by atoms with Crippen molar-refractivity contribution in [3.63, 3.8) is 0 Å². The zero-order chi connectivity index (χ0) is 41.9. The van der Waals surface area contributed by atoms with Crippen molar-refractivity contribution < 1.29 is 25.3 Å². The summed E-state index contributed by atoms with van der Waals surface area (Å²) in [5.74, 6) is 0.155. The fourth-order valence-electron chi connectivity index (χ4n) is 7.41. The smallest absolute Gasteiger partial charge is 0.305 e. The number of allylic oxidation sites excluding steroid dienone is 4. The maximum absolute atomic E-state index is 13.5.